The van der Waals surface area contributed by atoms with Crippen LogP contribution in [0.3, 0.4) is 0 Å². The molecule has 0 atom stereocenters. The molecule has 1 aliphatic rings. The Balaban J connectivity index is 1.65. The summed E-state index contributed by atoms with van der Waals surface area (Å²) in [6, 6.07) is 10.7. The van der Waals surface area contributed by atoms with Crippen molar-refractivity contribution in [3.05, 3.63) is 65.0 Å². The second-order valence-electron chi connectivity index (χ2n) is 7.57. The summed E-state index contributed by atoms with van der Waals surface area (Å²) < 4.78 is 41.2. The third-order valence-electron chi connectivity index (χ3n) is 5.30. The van der Waals surface area contributed by atoms with Crippen LogP contribution in [0, 0.1) is 12.7 Å². The monoisotopic (exact) mass is 418 g/mol. The quantitative estimate of drug-likeness (QED) is 0.720. The minimum Gasteiger partial charge on any atom is -0.352 e. The SMILES string of the molecule is Cc1ccc(S(=O)(=O)NC2CCCCC2)cc1C(=O)NCCc1ccc(F)cc1. The van der Waals surface area contributed by atoms with Gasteiger partial charge in [0.1, 0.15) is 5.82 Å². The van der Waals surface area contributed by atoms with Gasteiger partial charge in [0.2, 0.25) is 10.0 Å². The maximum atomic E-state index is 13.0. The van der Waals surface area contributed by atoms with Crippen LogP contribution in [0.15, 0.2) is 47.4 Å². The molecule has 2 aromatic carbocycles. The highest BCUT2D eigenvalue weighted by Crippen LogP contribution is 2.21. The summed E-state index contributed by atoms with van der Waals surface area (Å²) in [4.78, 5) is 12.7. The highest BCUT2D eigenvalue weighted by molar-refractivity contribution is 7.89. The second kappa shape index (κ2) is 9.50. The zero-order chi connectivity index (χ0) is 20.9. The van der Waals surface area contributed by atoms with Crippen LogP contribution >= 0.6 is 0 Å². The molecule has 5 nitrogen and oxygen atoms in total. The molecular formula is C22H27FN2O3S. The predicted molar refractivity (Wildman–Crippen MR) is 111 cm³/mol. The van der Waals surface area contributed by atoms with Crippen molar-refractivity contribution in [2.75, 3.05) is 6.54 Å². The average molecular weight is 419 g/mol. The van der Waals surface area contributed by atoms with Gasteiger partial charge in [-0.25, -0.2) is 17.5 Å². The van der Waals surface area contributed by atoms with Gasteiger partial charge in [0, 0.05) is 18.2 Å². The first-order valence-electron chi connectivity index (χ1n) is 10.0. The van der Waals surface area contributed by atoms with Crippen LogP contribution in [0.5, 0.6) is 0 Å². The van der Waals surface area contributed by atoms with E-state index in [9.17, 15) is 17.6 Å². The molecule has 0 radical (unpaired) electrons. The molecule has 2 N–H and O–H groups in total. The number of halogens is 1. The molecule has 1 saturated carbocycles. The Morgan fingerprint density at radius 1 is 1.07 bits per heavy atom. The van der Waals surface area contributed by atoms with E-state index in [1.807, 2.05) is 0 Å². The molecule has 2 aromatic rings. The van der Waals surface area contributed by atoms with Gasteiger partial charge in [-0.15, -0.1) is 0 Å². The van der Waals surface area contributed by atoms with Gasteiger partial charge in [-0.1, -0.05) is 37.5 Å². The lowest BCUT2D eigenvalue weighted by Gasteiger charge is -2.22. The summed E-state index contributed by atoms with van der Waals surface area (Å²) in [7, 11) is -3.67. The van der Waals surface area contributed by atoms with Crippen molar-refractivity contribution in [2.45, 2.75) is 56.4 Å². The third-order valence-corrected chi connectivity index (χ3v) is 6.82. The van der Waals surface area contributed by atoms with E-state index in [0.717, 1.165) is 37.7 Å². The highest BCUT2D eigenvalue weighted by atomic mass is 32.2. The fourth-order valence-electron chi connectivity index (χ4n) is 3.59. The van der Waals surface area contributed by atoms with Gasteiger partial charge in [-0.2, -0.15) is 0 Å². The van der Waals surface area contributed by atoms with Crippen molar-refractivity contribution in [3.8, 4) is 0 Å². The lowest BCUT2D eigenvalue weighted by Crippen LogP contribution is -2.36. The van der Waals surface area contributed by atoms with Gasteiger partial charge < -0.3 is 5.32 Å². The van der Waals surface area contributed by atoms with Crippen molar-refractivity contribution < 1.29 is 17.6 Å². The van der Waals surface area contributed by atoms with Crippen molar-refractivity contribution in [1.29, 1.82) is 0 Å². The molecule has 0 aromatic heterocycles. The summed E-state index contributed by atoms with van der Waals surface area (Å²) >= 11 is 0. The molecule has 7 heteroatoms. The van der Waals surface area contributed by atoms with E-state index in [0.29, 0.717) is 24.1 Å². The number of carbonyl (C=O) groups is 1. The Labute approximate surface area is 171 Å². The van der Waals surface area contributed by atoms with E-state index in [2.05, 4.69) is 10.0 Å². The minimum atomic E-state index is -3.67. The number of amides is 1. The van der Waals surface area contributed by atoms with Crippen molar-refractivity contribution in [1.82, 2.24) is 10.0 Å². The fraction of sp³-hybridized carbons (Fsp3) is 0.409. The summed E-state index contributed by atoms with van der Waals surface area (Å²) in [5.41, 5.74) is 1.97. The molecular weight excluding hydrogens is 391 g/mol. The minimum absolute atomic E-state index is 0.0389. The Morgan fingerprint density at radius 2 is 1.76 bits per heavy atom. The first-order valence-corrected chi connectivity index (χ1v) is 11.5. The topological polar surface area (TPSA) is 75.3 Å². The third kappa shape index (κ3) is 5.87. The van der Waals surface area contributed by atoms with Gasteiger partial charge in [0.05, 0.1) is 4.90 Å². The van der Waals surface area contributed by atoms with E-state index in [1.165, 1.54) is 24.3 Å². The maximum absolute atomic E-state index is 13.0. The van der Waals surface area contributed by atoms with Crippen molar-refractivity contribution >= 4 is 15.9 Å². The van der Waals surface area contributed by atoms with Gasteiger partial charge in [-0.3, -0.25) is 4.79 Å². The van der Waals surface area contributed by atoms with Crippen LogP contribution in [-0.4, -0.2) is 26.9 Å². The Kier molecular flexibility index (Phi) is 7.03. The zero-order valence-electron chi connectivity index (χ0n) is 16.6. The van der Waals surface area contributed by atoms with Gasteiger partial charge >= 0.3 is 0 Å². The maximum Gasteiger partial charge on any atom is 0.251 e. The fourth-order valence-corrected chi connectivity index (χ4v) is 4.92. The van der Waals surface area contributed by atoms with E-state index in [-0.39, 0.29) is 22.7 Å². The lowest BCUT2D eigenvalue weighted by molar-refractivity contribution is 0.0953. The lowest BCUT2D eigenvalue weighted by atomic mass is 9.96. The van der Waals surface area contributed by atoms with E-state index in [4.69, 9.17) is 0 Å². The van der Waals surface area contributed by atoms with Crippen LogP contribution in [-0.2, 0) is 16.4 Å². The van der Waals surface area contributed by atoms with E-state index in [1.54, 1.807) is 25.1 Å². The van der Waals surface area contributed by atoms with Gasteiger partial charge in [-0.05, 0) is 61.6 Å². The average Bonchev–Trinajstić information content (AvgIpc) is 2.70. The molecule has 1 amide bonds. The van der Waals surface area contributed by atoms with Crippen molar-refractivity contribution in [2.24, 2.45) is 0 Å². The number of benzene rings is 2. The number of nitrogens with one attached hydrogen (secondary N) is 2. The zero-order valence-corrected chi connectivity index (χ0v) is 17.4. The number of hydrogen-bond donors (Lipinski definition) is 2. The van der Waals surface area contributed by atoms with Crippen LogP contribution < -0.4 is 10.0 Å². The molecule has 3 rings (SSSR count). The Hall–Kier alpha value is -2.25. The largest absolute Gasteiger partial charge is 0.352 e. The first-order chi connectivity index (χ1) is 13.8. The number of aryl methyl sites for hydroxylation is 1. The molecule has 0 saturated heterocycles. The van der Waals surface area contributed by atoms with Crippen LogP contribution in [0.25, 0.3) is 0 Å². The van der Waals surface area contributed by atoms with E-state index >= 15 is 0 Å². The summed E-state index contributed by atoms with van der Waals surface area (Å²) in [6.07, 6.45) is 5.46. The number of carbonyl (C=O) groups excluding carboxylic acids is 1. The number of hydrogen-bond acceptors (Lipinski definition) is 3. The second-order valence-corrected chi connectivity index (χ2v) is 9.28. The molecule has 0 unspecified atom stereocenters. The molecule has 0 bridgehead atoms. The standard InChI is InChI=1S/C22H27FN2O3S/c1-16-7-12-20(29(27,28)25-19-5-3-2-4-6-19)15-21(16)22(26)24-14-13-17-8-10-18(23)11-9-17/h7-12,15,19,25H,2-6,13-14H2,1H3,(H,24,26). The van der Waals surface area contributed by atoms with Crippen LogP contribution in [0.1, 0.15) is 53.6 Å². The smallest absolute Gasteiger partial charge is 0.251 e. The first kappa shape index (κ1) is 21.5. The molecule has 156 valence electrons. The Bertz CT molecular complexity index is 953. The van der Waals surface area contributed by atoms with Crippen LogP contribution in [0.4, 0.5) is 4.39 Å². The molecule has 0 spiro atoms. The predicted octanol–water partition coefficient (Wildman–Crippen LogP) is 3.72. The highest BCUT2D eigenvalue weighted by Gasteiger charge is 2.23. The van der Waals surface area contributed by atoms with Crippen molar-refractivity contribution in [3.63, 3.8) is 0 Å². The summed E-state index contributed by atoms with van der Waals surface area (Å²) in [6.45, 7) is 2.15. The Morgan fingerprint density at radius 3 is 2.45 bits per heavy atom. The molecule has 1 aliphatic carbocycles. The molecule has 0 heterocycles. The summed E-state index contributed by atoms with van der Waals surface area (Å²) in [5.74, 6) is -0.618. The number of sulfonamides is 1. The molecule has 0 aliphatic heterocycles. The van der Waals surface area contributed by atoms with Gasteiger partial charge in [0.25, 0.3) is 5.91 Å². The van der Waals surface area contributed by atoms with Gasteiger partial charge in [0.15, 0.2) is 0 Å². The number of rotatable bonds is 7. The van der Waals surface area contributed by atoms with Crippen LogP contribution in [0.2, 0.25) is 0 Å². The summed E-state index contributed by atoms with van der Waals surface area (Å²) in [5, 5.41) is 2.82. The normalized spacial score (nSPS) is 15.2. The van der Waals surface area contributed by atoms with E-state index < -0.39 is 10.0 Å². The molecule has 1 fully saturated rings. The molecule has 29 heavy (non-hydrogen) atoms.